The molecule has 168 valence electrons. The van der Waals surface area contributed by atoms with E-state index in [4.69, 9.17) is 9.72 Å². The number of piperazine rings is 1. The van der Waals surface area contributed by atoms with E-state index in [2.05, 4.69) is 18.7 Å². The van der Waals surface area contributed by atoms with E-state index in [1.54, 1.807) is 16.4 Å². The van der Waals surface area contributed by atoms with E-state index >= 15 is 0 Å². The number of para-hydroxylation sites is 1. The first kappa shape index (κ1) is 22.9. The smallest absolute Gasteiger partial charge is 0.306 e. The minimum atomic E-state index is -0.334. The Morgan fingerprint density at radius 3 is 2.48 bits per heavy atom. The van der Waals surface area contributed by atoms with Gasteiger partial charge in [0.2, 0.25) is 5.91 Å². The van der Waals surface area contributed by atoms with Crippen LogP contribution in [0.15, 0.2) is 29.1 Å². The predicted molar refractivity (Wildman–Crippen MR) is 119 cm³/mol. The molecule has 1 aliphatic heterocycles. The zero-order valence-corrected chi connectivity index (χ0v) is 18.7. The van der Waals surface area contributed by atoms with Gasteiger partial charge in [-0.25, -0.2) is 4.98 Å². The number of benzene rings is 1. The number of carbonyl (C=O) groups excluding carboxylic acids is 2. The molecule has 0 saturated carbocycles. The fourth-order valence-corrected chi connectivity index (χ4v) is 4.07. The van der Waals surface area contributed by atoms with Crippen molar-refractivity contribution in [3.8, 4) is 0 Å². The van der Waals surface area contributed by atoms with Crippen LogP contribution in [0.25, 0.3) is 10.9 Å². The summed E-state index contributed by atoms with van der Waals surface area (Å²) in [4.78, 5) is 45.9. The second-order valence-corrected chi connectivity index (χ2v) is 7.84. The van der Waals surface area contributed by atoms with Crippen molar-refractivity contribution in [3.05, 3.63) is 40.4 Å². The molecule has 0 radical (unpaired) electrons. The first-order valence-corrected chi connectivity index (χ1v) is 11.1. The highest BCUT2D eigenvalue weighted by atomic mass is 16.5. The van der Waals surface area contributed by atoms with E-state index in [-0.39, 0.29) is 36.3 Å². The maximum Gasteiger partial charge on any atom is 0.306 e. The monoisotopic (exact) mass is 428 g/mol. The third kappa shape index (κ3) is 5.31. The van der Waals surface area contributed by atoms with Gasteiger partial charge in [0.25, 0.3) is 5.56 Å². The maximum atomic E-state index is 13.1. The van der Waals surface area contributed by atoms with Crippen molar-refractivity contribution in [2.75, 3.05) is 32.8 Å². The number of rotatable bonds is 8. The van der Waals surface area contributed by atoms with Crippen LogP contribution in [0.1, 0.15) is 51.9 Å². The summed E-state index contributed by atoms with van der Waals surface area (Å²) in [5.41, 5.74) is 0.719. The first-order valence-electron chi connectivity index (χ1n) is 11.1. The van der Waals surface area contributed by atoms with E-state index in [1.165, 1.54) is 0 Å². The summed E-state index contributed by atoms with van der Waals surface area (Å²) >= 11 is 0. The molecule has 2 heterocycles. The van der Waals surface area contributed by atoms with Gasteiger partial charge in [-0.3, -0.25) is 23.9 Å². The minimum Gasteiger partial charge on any atom is -0.466 e. The zero-order valence-electron chi connectivity index (χ0n) is 18.7. The van der Waals surface area contributed by atoms with Crippen LogP contribution in [0, 0.1) is 0 Å². The fraction of sp³-hybridized carbons (Fsp3) is 0.565. The minimum absolute atomic E-state index is 0.00193. The van der Waals surface area contributed by atoms with Crippen LogP contribution in [0.4, 0.5) is 0 Å². The molecule has 31 heavy (non-hydrogen) atoms. The van der Waals surface area contributed by atoms with Gasteiger partial charge in [0.05, 0.1) is 30.0 Å². The molecule has 1 saturated heterocycles. The van der Waals surface area contributed by atoms with E-state index in [9.17, 15) is 14.4 Å². The quantitative estimate of drug-likeness (QED) is 0.600. The number of carbonyl (C=O) groups is 2. The SMILES string of the molecule is CCCn1c(C(C)N2CCN(C(=O)CCC(=O)OCC)CC2)nc2ccccc2c1=O. The van der Waals surface area contributed by atoms with Crippen LogP contribution in [0.5, 0.6) is 0 Å². The van der Waals surface area contributed by atoms with Crippen LogP contribution in [0.3, 0.4) is 0 Å². The molecule has 1 aromatic carbocycles. The van der Waals surface area contributed by atoms with Gasteiger partial charge in [0.1, 0.15) is 5.82 Å². The lowest BCUT2D eigenvalue weighted by Crippen LogP contribution is -2.50. The highest BCUT2D eigenvalue weighted by molar-refractivity contribution is 5.81. The molecule has 0 spiro atoms. The summed E-state index contributed by atoms with van der Waals surface area (Å²) < 4.78 is 6.69. The molecular formula is C23H32N4O4. The summed E-state index contributed by atoms with van der Waals surface area (Å²) in [6.07, 6.45) is 1.15. The third-order valence-electron chi connectivity index (χ3n) is 5.78. The molecule has 1 atom stereocenters. The van der Waals surface area contributed by atoms with Crippen molar-refractivity contribution in [2.24, 2.45) is 0 Å². The Morgan fingerprint density at radius 2 is 1.81 bits per heavy atom. The number of hydrogen-bond donors (Lipinski definition) is 0. The van der Waals surface area contributed by atoms with Crippen molar-refractivity contribution >= 4 is 22.8 Å². The third-order valence-corrected chi connectivity index (χ3v) is 5.78. The molecule has 8 nitrogen and oxygen atoms in total. The Morgan fingerprint density at radius 1 is 1.10 bits per heavy atom. The van der Waals surface area contributed by atoms with Crippen molar-refractivity contribution in [2.45, 2.75) is 52.6 Å². The van der Waals surface area contributed by atoms with Crippen molar-refractivity contribution in [1.29, 1.82) is 0 Å². The van der Waals surface area contributed by atoms with E-state index in [1.807, 2.05) is 24.3 Å². The highest BCUT2D eigenvalue weighted by Crippen LogP contribution is 2.22. The van der Waals surface area contributed by atoms with Gasteiger partial charge < -0.3 is 9.64 Å². The van der Waals surface area contributed by atoms with Crippen LogP contribution < -0.4 is 5.56 Å². The zero-order chi connectivity index (χ0) is 22.4. The summed E-state index contributed by atoms with van der Waals surface area (Å²) in [5.74, 6) is 0.416. The molecule has 1 aromatic heterocycles. The van der Waals surface area contributed by atoms with E-state index in [0.717, 1.165) is 17.8 Å². The molecule has 3 rings (SSSR count). The van der Waals surface area contributed by atoms with Gasteiger partial charge in [0, 0.05) is 39.1 Å². The van der Waals surface area contributed by atoms with Gasteiger partial charge in [-0.05, 0) is 32.4 Å². The number of hydrogen-bond acceptors (Lipinski definition) is 6. The number of amides is 1. The van der Waals surface area contributed by atoms with Gasteiger partial charge >= 0.3 is 5.97 Å². The summed E-state index contributed by atoms with van der Waals surface area (Å²) in [7, 11) is 0. The molecule has 1 fully saturated rings. The topological polar surface area (TPSA) is 84.7 Å². The van der Waals surface area contributed by atoms with Crippen LogP contribution in [-0.4, -0.2) is 64.0 Å². The van der Waals surface area contributed by atoms with Crippen LogP contribution in [-0.2, 0) is 20.9 Å². The second kappa shape index (κ2) is 10.5. The van der Waals surface area contributed by atoms with Crippen LogP contribution >= 0.6 is 0 Å². The Kier molecular flexibility index (Phi) is 7.79. The Bertz CT molecular complexity index is 979. The molecule has 0 bridgehead atoms. The van der Waals surface area contributed by atoms with E-state index in [0.29, 0.717) is 44.7 Å². The molecular weight excluding hydrogens is 396 g/mol. The molecule has 1 amide bonds. The molecule has 0 aliphatic carbocycles. The molecule has 0 N–H and O–H groups in total. The first-order chi connectivity index (χ1) is 15.0. The van der Waals surface area contributed by atoms with Gasteiger partial charge in [-0.15, -0.1) is 0 Å². The van der Waals surface area contributed by atoms with Crippen LogP contribution in [0.2, 0.25) is 0 Å². The molecule has 1 unspecified atom stereocenters. The molecule has 8 heteroatoms. The predicted octanol–water partition coefficient (Wildman–Crippen LogP) is 2.36. The lowest BCUT2D eigenvalue weighted by molar-refractivity contribution is -0.146. The van der Waals surface area contributed by atoms with Crippen molar-refractivity contribution < 1.29 is 14.3 Å². The average Bonchev–Trinajstić information content (AvgIpc) is 2.79. The van der Waals surface area contributed by atoms with E-state index < -0.39 is 0 Å². The van der Waals surface area contributed by atoms with Gasteiger partial charge in [0.15, 0.2) is 0 Å². The Hall–Kier alpha value is -2.74. The summed E-state index contributed by atoms with van der Waals surface area (Å²) in [6.45, 7) is 9.41. The standard InChI is InChI=1S/C23H32N4O4/c1-4-12-27-22(24-19-9-7-6-8-18(19)23(27)30)17(3)25-13-15-26(16-14-25)20(28)10-11-21(29)31-5-2/h6-9,17H,4-5,10-16H2,1-3H3. The number of nitrogens with zero attached hydrogens (tertiary/aromatic N) is 4. The largest absolute Gasteiger partial charge is 0.466 e. The lowest BCUT2D eigenvalue weighted by atomic mass is 10.1. The van der Waals surface area contributed by atoms with Crippen molar-refractivity contribution in [3.63, 3.8) is 0 Å². The fourth-order valence-electron chi connectivity index (χ4n) is 4.07. The highest BCUT2D eigenvalue weighted by Gasteiger charge is 2.27. The number of esters is 1. The van der Waals surface area contributed by atoms with Gasteiger partial charge in [-0.2, -0.15) is 0 Å². The lowest BCUT2D eigenvalue weighted by Gasteiger charge is -2.38. The van der Waals surface area contributed by atoms with Gasteiger partial charge in [-0.1, -0.05) is 19.1 Å². The number of aromatic nitrogens is 2. The molecule has 1 aliphatic rings. The normalized spacial score (nSPS) is 15.8. The van der Waals surface area contributed by atoms with Crippen molar-refractivity contribution in [1.82, 2.24) is 19.4 Å². The number of ether oxygens (including phenoxy) is 1. The Labute approximate surface area is 182 Å². The average molecular weight is 429 g/mol. The Balaban J connectivity index is 1.69. The summed E-state index contributed by atoms with van der Waals surface area (Å²) in [6, 6.07) is 7.42. The molecule has 2 aromatic rings. The number of fused-ring (bicyclic) bond motifs is 1. The summed E-state index contributed by atoms with van der Waals surface area (Å²) in [5, 5.41) is 0.643. The second-order valence-electron chi connectivity index (χ2n) is 7.84. The maximum absolute atomic E-state index is 13.1.